The Bertz CT molecular complexity index is 1130. The number of esters is 2. The monoisotopic (exact) mass is 550 g/mol. The minimum Gasteiger partial charge on any atom is -0.426 e. The lowest BCUT2D eigenvalue weighted by Gasteiger charge is -2.19. The summed E-state index contributed by atoms with van der Waals surface area (Å²) >= 11 is 0. The maximum Gasteiger partial charge on any atom is 0.310 e. The van der Waals surface area contributed by atoms with Crippen LogP contribution >= 0.6 is 0 Å². The summed E-state index contributed by atoms with van der Waals surface area (Å²) in [5.74, 6) is 2.91. The van der Waals surface area contributed by atoms with E-state index < -0.39 is 0 Å². The minimum atomic E-state index is -0.362. The summed E-state index contributed by atoms with van der Waals surface area (Å²) in [5, 5.41) is 1.56. The van der Waals surface area contributed by atoms with E-state index >= 15 is 0 Å². The Morgan fingerprint density at radius 1 is 0.800 bits per heavy atom. The second-order valence-corrected chi connectivity index (χ2v) is 12.3. The molecule has 0 radical (unpaired) electrons. The Morgan fingerprint density at radius 3 is 1.90 bits per heavy atom. The van der Waals surface area contributed by atoms with Gasteiger partial charge in [-0.25, -0.2) is 0 Å². The first-order chi connectivity index (χ1) is 19.0. The van der Waals surface area contributed by atoms with Crippen molar-refractivity contribution in [3.8, 4) is 11.5 Å². The summed E-state index contributed by atoms with van der Waals surface area (Å²) in [6, 6.07) is 7.65. The summed E-state index contributed by atoms with van der Waals surface area (Å²) in [6.07, 6.45) is 14.7. The van der Waals surface area contributed by atoms with Crippen LogP contribution in [0.4, 0.5) is 0 Å². The van der Waals surface area contributed by atoms with Crippen LogP contribution in [0.15, 0.2) is 35.9 Å². The van der Waals surface area contributed by atoms with Gasteiger partial charge >= 0.3 is 11.9 Å². The highest BCUT2D eigenvalue weighted by Crippen LogP contribution is 2.41. The molecule has 0 aliphatic rings. The van der Waals surface area contributed by atoms with Gasteiger partial charge in [0, 0.05) is 29.7 Å². The van der Waals surface area contributed by atoms with Crippen molar-refractivity contribution in [2.75, 3.05) is 0 Å². The van der Waals surface area contributed by atoms with Crippen LogP contribution in [0, 0.1) is 24.7 Å². The third-order valence-corrected chi connectivity index (χ3v) is 8.03. The number of carbonyl (C=O) groups excluding carboxylic acids is 2. The van der Waals surface area contributed by atoms with Crippen molar-refractivity contribution in [3.05, 3.63) is 47.0 Å². The molecule has 0 amide bonds. The average Bonchev–Trinajstić information content (AvgIpc) is 2.90. The summed E-state index contributed by atoms with van der Waals surface area (Å²) in [6.45, 7) is 16.8. The first-order valence-corrected chi connectivity index (χ1v) is 15.6. The van der Waals surface area contributed by atoms with E-state index in [4.69, 9.17) is 9.47 Å². The van der Waals surface area contributed by atoms with Gasteiger partial charge in [0.25, 0.3) is 0 Å². The molecular formula is C36H54O4. The molecule has 0 aliphatic heterocycles. The fourth-order valence-electron chi connectivity index (χ4n) is 5.46. The van der Waals surface area contributed by atoms with Gasteiger partial charge in [-0.15, -0.1) is 0 Å². The Morgan fingerprint density at radius 2 is 1.35 bits per heavy atom. The molecule has 0 saturated carbocycles. The highest BCUT2D eigenvalue weighted by molar-refractivity contribution is 5.98. The zero-order valence-electron chi connectivity index (χ0n) is 26.5. The second kappa shape index (κ2) is 17.3. The van der Waals surface area contributed by atoms with Crippen molar-refractivity contribution in [3.63, 3.8) is 0 Å². The van der Waals surface area contributed by atoms with E-state index in [9.17, 15) is 9.59 Å². The summed E-state index contributed by atoms with van der Waals surface area (Å²) in [5.41, 5.74) is 3.07. The molecule has 0 fully saturated rings. The Kier molecular flexibility index (Phi) is 14.5. The quantitative estimate of drug-likeness (QED) is 0.112. The molecule has 0 aliphatic carbocycles. The van der Waals surface area contributed by atoms with Crippen molar-refractivity contribution in [1.82, 2.24) is 0 Å². The molecule has 4 nitrogen and oxygen atoms in total. The molecule has 4 heteroatoms. The van der Waals surface area contributed by atoms with Crippen molar-refractivity contribution < 1.29 is 19.1 Å². The van der Waals surface area contributed by atoms with Crippen molar-refractivity contribution in [2.24, 2.45) is 17.8 Å². The molecule has 0 N–H and O–H groups in total. The second-order valence-electron chi connectivity index (χ2n) is 12.3. The molecule has 40 heavy (non-hydrogen) atoms. The number of ether oxygens (including phenoxy) is 2. The average molecular weight is 551 g/mol. The summed E-state index contributed by atoms with van der Waals surface area (Å²) in [4.78, 5) is 24.3. The Balaban J connectivity index is 2.02. The molecule has 2 aromatic rings. The van der Waals surface area contributed by atoms with Crippen molar-refractivity contribution >= 4 is 22.7 Å². The van der Waals surface area contributed by atoms with Crippen molar-refractivity contribution in [2.45, 2.75) is 126 Å². The molecule has 0 spiro atoms. The Hall–Kier alpha value is -2.62. The molecule has 222 valence electrons. The van der Waals surface area contributed by atoms with Gasteiger partial charge in [0.2, 0.25) is 0 Å². The maximum absolute atomic E-state index is 12.4. The van der Waals surface area contributed by atoms with Crippen LogP contribution in [0.1, 0.15) is 124 Å². The number of benzene rings is 2. The summed E-state index contributed by atoms with van der Waals surface area (Å²) in [7, 11) is 0. The lowest BCUT2D eigenvalue weighted by atomic mass is 9.91. The third-order valence-electron chi connectivity index (χ3n) is 8.03. The van der Waals surface area contributed by atoms with Crippen LogP contribution in [0.25, 0.3) is 10.8 Å². The topological polar surface area (TPSA) is 52.6 Å². The predicted molar refractivity (Wildman–Crippen MR) is 168 cm³/mol. The lowest BCUT2D eigenvalue weighted by molar-refractivity contribution is -0.134. The van der Waals surface area contributed by atoms with E-state index in [1.165, 1.54) is 63.9 Å². The maximum atomic E-state index is 12.4. The molecule has 0 heterocycles. The van der Waals surface area contributed by atoms with Gasteiger partial charge < -0.3 is 9.47 Å². The zero-order valence-corrected chi connectivity index (χ0v) is 26.5. The van der Waals surface area contributed by atoms with Gasteiger partial charge in [0.15, 0.2) is 0 Å². The van der Waals surface area contributed by atoms with Gasteiger partial charge in [-0.2, -0.15) is 0 Å². The number of rotatable bonds is 17. The lowest BCUT2D eigenvalue weighted by Crippen LogP contribution is -2.11. The van der Waals surface area contributed by atoms with Gasteiger partial charge in [0.1, 0.15) is 11.5 Å². The van der Waals surface area contributed by atoms with E-state index in [0.717, 1.165) is 46.1 Å². The van der Waals surface area contributed by atoms with Crippen LogP contribution in [0.2, 0.25) is 0 Å². The predicted octanol–water partition coefficient (Wildman–Crippen LogP) is 10.3. The standard InChI is InChI=1S/C36H54O4/c1-9-34(38)40-36-31(29(7)35(39-30(8)37)32-21-10-11-22-33(32)36)24-23-28(6)20-14-19-27(5)18-13-17-26(4)16-12-15-25(2)3/h10-11,21-23,25-27H,9,12-20,24H2,1-8H3/b28-23+/t26-,27-/m1/s1. The number of fused-ring (bicyclic) bond motifs is 1. The first-order valence-electron chi connectivity index (χ1n) is 15.6. The number of carbonyl (C=O) groups is 2. The number of hydrogen-bond donors (Lipinski definition) is 0. The molecular weight excluding hydrogens is 496 g/mol. The molecule has 0 unspecified atom stereocenters. The fourth-order valence-corrected chi connectivity index (χ4v) is 5.46. The normalized spacial score (nSPS) is 13.5. The smallest absolute Gasteiger partial charge is 0.310 e. The van der Waals surface area contributed by atoms with E-state index in [-0.39, 0.29) is 11.9 Å². The molecule has 2 aromatic carbocycles. The Labute approximate surface area is 243 Å². The van der Waals surface area contributed by atoms with E-state index in [1.807, 2.05) is 31.2 Å². The van der Waals surface area contributed by atoms with Gasteiger partial charge in [-0.1, -0.05) is 115 Å². The third kappa shape index (κ3) is 11.1. The SMILES string of the molecule is CCC(=O)Oc1c(C/C=C(\C)CCC[C@H](C)CCC[C@H](C)CCCC(C)C)c(C)c(OC(C)=O)c2ccccc12. The molecule has 0 bridgehead atoms. The van der Waals surface area contributed by atoms with Gasteiger partial charge in [-0.05, 0) is 56.4 Å². The number of hydrogen-bond acceptors (Lipinski definition) is 4. The summed E-state index contributed by atoms with van der Waals surface area (Å²) < 4.78 is 11.5. The van der Waals surface area contributed by atoms with Gasteiger partial charge in [0.05, 0.1) is 0 Å². The highest BCUT2D eigenvalue weighted by atomic mass is 16.5. The van der Waals surface area contributed by atoms with Gasteiger partial charge in [-0.3, -0.25) is 9.59 Å². The zero-order chi connectivity index (χ0) is 29.7. The van der Waals surface area contributed by atoms with Crippen LogP contribution < -0.4 is 9.47 Å². The molecule has 0 aromatic heterocycles. The van der Waals surface area contributed by atoms with E-state index in [0.29, 0.717) is 24.3 Å². The van der Waals surface area contributed by atoms with Crippen LogP contribution in [-0.4, -0.2) is 11.9 Å². The van der Waals surface area contributed by atoms with Crippen LogP contribution in [0.5, 0.6) is 11.5 Å². The molecule has 2 atom stereocenters. The van der Waals surface area contributed by atoms with Crippen LogP contribution in [-0.2, 0) is 16.0 Å². The van der Waals surface area contributed by atoms with E-state index in [2.05, 4.69) is 40.7 Å². The van der Waals surface area contributed by atoms with E-state index in [1.54, 1.807) is 6.92 Å². The van der Waals surface area contributed by atoms with Crippen molar-refractivity contribution in [1.29, 1.82) is 0 Å². The largest absolute Gasteiger partial charge is 0.426 e. The molecule has 2 rings (SSSR count). The van der Waals surface area contributed by atoms with Crippen LogP contribution in [0.3, 0.4) is 0 Å². The minimum absolute atomic E-state index is 0.273. The number of allylic oxidation sites excluding steroid dienone is 2. The fraction of sp³-hybridized carbons (Fsp3) is 0.611. The first kappa shape index (κ1) is 33.6. The molecule has 0 saturated heterocycles. The highest BCUT2D eigenvalue weighted by Gasteiger charge is 2.21.